The molecule has 1 atom stereocenters. The summed E-state index contributed by atoms with van der Waals surface area (Å²) in [5.74, 6) is 1.04. The van der Waals surface area contributed by atoms with Crippen molar-refractivity contribution in [2.24, 2.45) is 7.05 Å². The maximum absolute atomic E-state index is 14.9. The number of fused-ring (bicyclic) bond motifs is 1. The van der Waals surface area contributed by atoms with Crippen molar-refractivity contribution >= 4 is 28.3 Å². The maximum Gasteiger partial charge on any atom is 0.263 e. The minimum absolute atomic E-state index is 0.229. The first-order chi connectivity index (χ1) is 15.4. The van der Waals surface area contributed by atoms with E-state index in [9.17, 15) is 9.18 Å². The van der Waals surface area contributed by atoms with E-state index in [-0.39, 0.29) is 21.8 Å². The fourth-order valence-electron chi connectivity index (χ4n) is 4.36. The fraction of sp³-hybridized carbons (Fsp3) is 0.304. The largest absolute Gasteiger partial charge is 0.356 e. The summed E-state index contributed by atoms with van der Waals surface area (Å²) in [5.41, 5.74) is 1.91. The highest BCUT2D eigenvalue weighted by molar-refractivity contribution is 6.30. The lowest BCUT2D eigenvalue weighted by Crippen LogP contribution is -2.35. The number of rotatable bonds is 3. The molecular formula is C23H22ClFN6O. The van der Waals surface area contributed by atoms with Crippen LogP contribution in [-0.2, 0) is 7.05 Å². The summed E-state index contributed by atoms with van der Waals surface area (Å²) in [6, 6.07) is 6.23. The standard InChI is InChI=1S/C23H22ClFN6O/c1-13-28-19-9-20(31-7-3-4-14(12-31)15-10-26-27-11-15)29-22(21(19)23(32)30(13)2)17-6-5-16(24)8-18(17)25/h5-6,8-11,14H,3-4,7,12H2,1-2H3,(H,26,27)/t14-/m1/s1. The van der Waals surface area contributed by atoms with Crippen molar-refractivity contribution in [3.63, 3.8) is 0 Å². The number of piperidine rings is 1. The minimum Gasteiger partial charge on any atom is -0.356 e. The van der Waals surface area contributed by atoms with Gasteiger partial charge in [0.25, 0.3) is 5.56 Å². The zero-order valence-electron chi connectivity index (χ0n) is 17.8. The monoisotopic (exact) mass is 452 g/mol. The zero-order valence-corrected chi connectivity index (χ0v) is 18.5. The van der Waals surface area contributed by atoms with Gasteiger partial charge >= 0.3 is 0 Å². The van der Waals surface area contributed by atoms with Gasteiger partial charge in [0, 0.05) is 48.9 Å². The van der Waals surface area contributed by atoms with Crippen molar-refractivity contribution in [3.8, 4) is 11.3 Å². The number of aromatic nitrogens is 5. The van der Waals surface area contributed by atoms with Gasteiger partial charge in [-0.1, -0.05) is 11.6 Å². The van der Waals surface area contributed by atoms with Crippen LogP contribution in [-0.4, -0.2) is 37.8 Å². The summed E-state index contributed by atoms with van der Waals surface area (Å²) < 4.78 is 16.4. The molecule has 1 fully saturated rings. The van der Waals surface area contributed by atoms with E-state index in [0.29, 0.717) is 28.5 Å². The van der Waals surface area contributed by atoms with Crippen LogP contribution >= 0.6 is 11.6 Å². The summed E-state index contributed by atoms with van der Waals surface area (Å²) in [5, 5.41) is 7.54. The summed E-state index contributed by atoms with van der Waals surface area (Å²) in [6.07, 6.45) is 5.82. The van der Waals surface area contributed by atoms with Crippen molar-refractivity contribution in [1.82, 2.24) is 24.7 Å². The quantitative estimate of drug-likeness (QED) is 0.504. The normalized spacial score (nSPS) is 16.6. The van der Waals surface area contributed by atoms with Gasteiger partial charge in [-0.2, -0.15) is 5.10 Å². The molecule has 4 heterocycles. The van der Waals surface area contributed by atoms with Crippen molar-refractivity contribution in [2.75, 3.05) is 18.0 Å². The van der Waals surface area contributed by atoms with E-state index in [1.54, 1.807) is 26.1 Å². The number of anilines is 1. The lowest BCUT2D eigenvalue weighted by Gasteiger charge is -2.33. The third-order valence-electron chi connectivity index (χ3n) is 6.19. The number of halogens is 2. The number of nitrogens with zero attached hydrogens (tertiary/aromatic N) is 5. The smallest absolute Gasteiger partial charge is 0.263 e. The first kappa shape index (κ1) is 20.6. The Morgan fingerprint density at radius 2 is 2.09 bits per heavy atom. The molecule has 3 aromatic heterocycles. The Morgan fingerprint density at radius 3 is 2.84 bits per heavy atom. The van der Waals surface area contributed by atoms with Crippen LogP contribution in [0, 0.1) is 12.7 Å². The molecule has 0 bridgehead atoms. The SMILES string of the molecule is Cc1nc2cc(N3CCC[C@@H](c4cn[nH]c4)C3)nc(-c3ccc(Cl)cc3F)c2c(=O)n1C. The van der Waals surface area contributed by atoms with E-state index in [4.69, 9.17) is 16.6 Å². The average Bonchev–Trinajstić information content (AvgIpc) is 3.32. The van der Waals surface area contributed by atoms with Crippen LogP contribution in [0.4, 0.5) is 10.2 Å². The summed E-state index contributed by atoms with van der Waals surface area (Å²) >= 11 is 5.96. The van der Waals surface area contributed by atoms with Crippen LogP contribution in [0.1, 0.15) is 30.1 Å². The lowest BCUT2D eigenvalue weighted by molar-refractivity contribution is 0.507. The van der Waals surface area contributed by atoms with E-state index in [2.05, 4.69) is 20.1 Å². The molecule has 1 aromatic carbocycles. The molecule has 1 saturated heterocycles. The Hall–Kier alpha value is -3.26. The molecule has 1 N–H and O–H groups in total. The molecule has 0 unspecified atom stereocenters. The molecule has 9 heteroatoms. The first-order valence-electron chi connectivity index (χ1n) is 10.5. The number of pyridine rings is 1. The van der Waals surface area contributed by atoms with Gasteiger partial charge < -0.3 is 4.90 Å². The van der Waals surface area contributed by atoms with Gasteiger partial charge in [-0.3, -0.25) is 14.5 Å². The second-order valence-electron chi connectivity index (χ2n) is 8.19. The predicted octanol–water partition coefficient (Wildman–Crippen LogP) is 4.20. The van der Waals surface area contributed by atoms with Crippen LogP contribution in [0.5, 0.6) is 0 Å². The molecule has 1 aliphatic heterocycles. The number of hydrogen-bond donors (Lipinski definition) is 1. The number of H-pyrrole nitrogens is 1. The molecule has 0 radical (unpaired) electrons. The highest BCUT2D eigenvalue weighted by atomic mass is 35.5. The van der Waals surface area contributed by atoms with Gasteiger partial charge in [0.2, 0.25) is 0 Å². The third-order valence-corrected chi connectivity index (χ3v) is 6.43. The summed E-state index contributed by atoms with van der Waals surface area (Å²) in [4.78, 5) is 24.7. The van der Waals surface area contributed by atoms with Gasteiger partial charge in [-0.05, 0) is 43.5 Å². The van der Waals surface area contributed by atoms with E-state index in [0.717, 1.165) is 31.5 Å². The van der Waals surface area contributed by atoms with Crippen molar-refractivity contribution < 1.29 is 4.39 Å². The molecule has 5 rings (SSSR count). The maximum atomic E-state index is 14.9. The zero-order chi connectivity index (χ0) is 22.4. The van der Waals surface area contributed by atoms with Crippen LogP contribution < -0.4 is 10.5 Å². The second kappa shape index (κ2) is 8.02. The molecule has 7 nitrogen and oxygen atoms in total. The van der Waals surface area contributed by atoms with Gasteiger partial charge in [-0.25, -0.2) is 14.4 Å². The van der Waals surface area contributed by atoms with Crippen molar-refractivity contribution in [1.29, 1.82) is 0 Å². The number of benzene rings is 1. The minimum atomic E-state index is -0.527. The molecule has 0 spiro atoms. The molecule has 1 aliphatic rings. The van der Waals surface area contributed by atoms with E-state index in [1.165, 1.54) is 10.6 Å². The third kappa shape index (κ3) is 3.54. The van der Waals surface area contributed by atoms with Gasteiger partial charge in [-0.15, -0.1) is 0 Å². The van der Waals surface area contributed by atoms with Crippen molar-refractivity contribution in [3.05, 3.63) is 69.2 Å². The van der Waals surface area contributed by atoms with Crippen LogP contribution in [0.25, 0.3) is 22.2 Å². The Labute approximate surface area is 188 Å². The highest BCUT2D eigenvalue weighted by Crippen LogP contribution is 2.34. The van der Waals surface area contributed by atoms with Gasteiger partial charge in [0.05, 0.1) is 22.8 Å². The Balaban J connectivity index is 1.69. The fourth-order valence-corrected chi connectivity index (χ4v) is 4.52. The molecular weight excluding hydrogens is 431 g/mol. The second-order valence-corrected chi connectivity index (χ2v) is 8.62. The average molecular weight is 453 g/mol. The van der Waals surface area contributed by atoms with Crippen molar-refractivity contribution in [2.45, 2.75) is 25.7 Å². The summed E-state index contributed by atoms with van der Waals surface area (Å²) in [6.45, 7) is 3.35. The van der Waals surface area contributed by atoms with E-state index in [1.807, 2.05) is 18.5 Å². The van der Waals surface area contributed by atoms with Gasteiger partial charge in [0.15, 0.2) is 0 Å². The number of nitrogens with one attached hydrogen (secondary N) is 1. The number of aromatic amines is 1. The molecule has 0 saturated carbocycles. The van der Waals surface area contributed by atoms with Crippen LogP contribution in [0.2, 0.25) is 5.02 Å². The predicted molar refractivity (Wildman–Crippen MR) is 123 cm³/mol. The van der Waals surface area contributed by atoms with Gasteiger partial charge in [0.1, 0.15) is 17.5 Å². The highest BCUT2D eigenvalue weighted by Gasteiger charge is 2.25. The lowest BCUT2D eigenvalue weighted by atomic mass is 9.93. The number of aryl methyl sites for hydroxylation is 1. The van der Waals surface area contributed by atoms with E-state index < -0.39 is 5.82 Å². The Kier molecular flexibility index (Phi) is 5.17. The molecule has 0 aliphatic carbocycles. The van der Waals surface area contributed by atoms with Crippen LogP contribution in [0.3, 0.4) is 0 Å². The molecule has 32 heavy (non-hydrogen) atoms. The topological polar surface area (TPSA) is 79.7 Å². The molecule has 164 valence electrons. The number of hydrogen-bond acceptors (Lipinski definition) is 5. The summed E-state index contributed by atoms with van der Waals surface area (Å²) in [7, 11) is 1.65. The Bertz CT molecular complexity index is 1370. The van der Waals surface area contributed by atoms with E-state index >= 15 is 0 Å². The first-order valence-corrected chi connectivity index (χ1v) is 10.9. The Morgan fingerprint density at radius 1 is 1.25 bits per heavy atom. The molecule has 4 aromatic rings. The molecule has 0 amide bonds. The van der Waals surface area contributed by atoms with Crippen LogP contribution in [0.15, 0.2) is 41.5 Å².